The molecule has 0 spiro atoms. The molecule has 2 aromatic carbocycles. The number of amides is 2. The molecule has 3 heterocycles. The number of morpholine rings is 1. The number of primary amides is 1. The first kappa shape index (κ1) is 29.7. The van der Waals surface area contributed by atoms with E-state index in [1.54, 1.807) is 42.2 Å². The van der Waals surface area contributed by atoms with Crippen LogP contribution in [0.2, 0.25) is 0 Å². The van der Waals surface area contributed by atoms with E-state index in [0.717, 1.165) is 18.2 Å². The SMILES string of the molecule is C=C/C(=C\C(=C/C)C(N)=O)c1cc2c(cc1OC)OCc1c(C(=O)N3CCOCC3(C)C)nn(-c3cc(F)cc(F)c3)c1-2. The standard InChI is InChI=1S/C32H32F2N4O5/c1-6-18(10-19(7-2)30(35)39)23-14-24-27(15-26(23)41-5)43-16-25-28(31(40)37-8-9-42-17-32(37,3)4)36-38(29(24)25)22-12-20(33)11-21(34)13-22/h6-7,10-15H,1,8-9,16-17H2,2-5H3,(H2,35,39)/b18-10+,19-7+. The molecule has 0 unspecified atom stereocenters. The Morgan fingerprint density at radius 2 is 1.88 bits per heavy atom. The zero-order valence-corrected chi connectivity index (χ0v) is 24.4. The van der Waals surface area contributed by atoms with Crippen LogP contribution in [0, 0.1) is 11.6 Å². The molecule has 2 aliphatic heterocycles. The fourth-order valence-corrected chi connectivity index (χ4v) is 5.37. The van der Waals surface area contributed by atoms with Crippen molar-refractivity contribution in [2.45, 2.75) is 32.9 Å². The van der Waals surface area contributed by atoms with Crippen LogP contribution in [-0.4, -0.2) is 58.9 Å². The molecule has 0 radical (unpaired) electrons. The second-order valence-electron chi connectivity index (χ2n) is 10.8. The highest BCUT2D eigenvalue weighted by Crippen LogP contribution is 2.45. The van der Waals surface area contributed by atoms with Crippen LogP contribution in [0.25, 0.3) is 22.5 Å². The molecule has 9 nitrogen and oxygen atoms in total. The second-order valence-corrected chi connectivity index (χ2v) is 10.8. The number of nitrogens with two attached hydrogens (primary N) is 1. The summed E-state index contributed by atoms with van der Waals surface area (Å²) in [7, 11) is 1.49. The van der Waals surface area contributed by atoms with E-state index in [2.05, 4.69) is 11.7 Å². The van der Waals surface area contributed by atoms with E-state index in [0.29, 0.717) is 59.2 Å². The Morgan fingerprint density at radius 1 is 1.16 bits per heavy atom. The van der Waals surface area contributed by atoms with E-state index in [9.17, 15) is 18.4 Å². The number of fused-ring (bicyclic) bond motifs is 3. The van der Waals surface area contributed by atoms with Crippen molar-refractivity contribution in [2.24, 2.45) is 5.73 Å². The Bertz CT molecular complexity index is 1690. The minimum atomic E-state index is -0.800. The van der Waals surface area contributed by atoms with Gasteiger partial charge in [0.15, 0.2) is 5.69 Å². The zero-order chi connectivity index (χ0) is 31.1. The van der Waals surface area contributed by atoms with Crippen molar-refractivity contribution in [2.75, 3.05) is 26.9 Å². The number of nitrogens with zero attached hydrogens (tertiary/aromatic N) is 3. The van der Waals surface area contributed by atoms with Gasteiger partial charge in [-0.1, -0.05) is 18.7 Å². The van der Waals surface area contributed by atoms with E-state index in [1.165, 1.54) is 11.8 Å². The lowest BCUT2D eigenvalue weighted by molar-refractivity contribution is -0.114. The monoisotopic (exact) mass is 590 g/mol. The highest BCUT2D eigenvalue weighted by Gasteiger charge is 2.39. The number of methoxy groups -OCH3 is 1. The summed E-state index contributed by atoms with van der Waals surface area (Å²) >= 11 is 0. The van der Waals surface area contributed by atoms with Crippen LogP contribution >= 0.6 is 0 Å². The Balaban J connectivity index is 1.77. The maximum atomic E-state index is 14.5. The van der Waals surface area contributed by atoms with Crippen LogP contribution in [0.5, 0.6) is 11.5 Å². The van der Waals surface area contributed by atoms with Crippen molar-refractivity contribution in [3.63, 3.8) is 0 Å². The van der Waals surface area contributed by atoms with Gasteiger partial charge in [-0.2, -0.15) is 5.10 Å². The number of hydrogen-bond donors (Lipinski definition) is 1. The summed E-state index contributed by atoms with van der Waals surface area (Å²) in [5.41, 5.74) is 7.80. The van der Waals surface area contributed by atoms with Gasteiger partial charge in [-0.3, -0.25) is 9.59 Å². The van der Waals surface area contributed by atoms with Crippen LogP contribution in [0.1, 0.15) is 42.4 Å². The van der Waals surface area contributed by atoms with Gasteiger partial charge in [0.1, 0.15) is 29.7 Å². The van der Waals surface area contributed by atoms with Gasteiger partial charge in [0.25, 0.3) is 5.91 Å². The third kappa shape index (κ3) is 5.43. The van der Waals surface area contributed by atoms with E-state index in [1.807, 2.05) is 13.8 Å². The number of aromatic nitrogens is 2. The molecule has 0 aliphatic carbocycles. The van der Waals surface area contributed by atoms with Crippen molar-refractivity contribution in [1.82, 2.24) is 14.7 Å². The van der Waals surface area contributed by atoms with Crippen molar-refractivity contribution in [3.8, 4) is 28.4 Å². The van der Waals surface area contributed by atoms with Crippen molar-refractivity contribution < 1.29 is 32.6 Å². The van der Waals surface area contributed by atoms with Crippen LogP contribution in [0.15, 0.2) is 60.7 Å². The Labute approximate surface area is 247 Å². The molecule has 0 atom stereocenters. The van der Waals surface area contributed by atoms with Crippen LogP contribution in [0.4, 0.5) is 8.78 Å². The molecule has 1 aromatic heterocycles. The van der Waals surface area contributed by atoms with Gasteiger partial charge in [0.2, 0.25) is 5.91 Å². The molecule has 11 heteroatoms. The van der Waals surface area contributed by atoms with Gasteiger partial charge in [-0.15, -0.1) is 0 Å². The number of allylic oxidation sites excluding steroid dienone is 3. The smallest absolute Gasteiger partial charge is 0.275 e. The van der Waals surface area contributed by atoms with Gasteiger partial charge in [0, 0.05) is 40.9 Å². The molecule has 1 fully saturated rings. The quantitative estimate of drug-likeness (QED) is 0.308. The lowest BCUT2D eigenvalue weighted by Gasteiger charge is -2.41. The molecule has 2 N–H and O–H groups in total. The Kier molecular flexibility index (Phi) is 7.94. The highest BCUT2D eigenvalue weighted by molar-refractivity contribution is 5.99. The fraction of sp³-hybridized carbons (Fsp3) is 0.281. The van der Waals surface area contributed by atoms with Gasteiger partial charge in [-0.25, -0.2) is 13.5 Å². The third-order valence-corrected chi connectivity index (χ3v) is 7.53. The molecule has 2 aliphatic rings. The van der Waals surface area contributed by atoms with E-state index >= 15 is 0 Å². The summed E-state index contributed by atoms with van der Waals surface area (Å²) in [4.78, 5) is 27.7. The highest BCUT2D eigenvalue weighted by atomic mass is 19.1. The average Bonchev–Trinajstić information content (AvgIpc) is 3.36. The van der Waals surface area contributed by atoms with E-state index in [-0.39, 0.29) is 29.5 Å². The number of halogens is 2. The summed E-state index contributed by atoms with van der Waals surface area (Å²) in [6, 6.07) is 6.46. The first-order valence-electron chi connectivity index (χ1n) is 13.6. The largest absolute Gasteiger partial charge is 0.496 e. The Hall–Kier alpha value is -4.77. The molecule has 224 valence electrons. The Morgan fingerprint density at radius 3 is 2.49 bits per heavy atom. The molecule has 43 heavy (non-hydrogen) atoms. The van der Waals surface area contributed by atoms with Crippen molar-refractivity contribution in [1.29, 1.82) is 0 Å². The van der Waals surface area contributed by atoms with Crippen molar-refractivity contribution in [3.05, 3.63) is 89.2 Å². The lowest BCUT2D eigenvalue weighted by atomic mass is 9.94. The first-order valence-corrected chi connectivity index (χ1v) is 13.6. The molecule has 0 saturated carbocycles. The van der Waals surface area contributed by atoms with Gasteiger partial charge < -0.3 is 24.8 Å². The molecular formula is C32H32F2N4O5. The van der Waals surface area contributed by atoms with Crippen molar-refractivity contribution >= 4 is 17.4 Å². The van der Waals surface area contributed by atoms with Crippen LogP contribution in [-0.2, 0) is 16.1 Å². The summed E-state index contributed by atoms with van der Waals surface area (Å²) in [6.07, 6.45) is 4.71. The maximum Gasteiger partial charge on any atom is 0.275 e. The van der Waals surface area contributed by atoms with Gasteiger partial charge in [-0.05, 0) is 50.6 Å². The summed E-state index contributed by atoms with van der Waals surface area (Å²) in [5, 5.41) is 4.64. The topological polar surface area (TPSA) is 109 Å². The maximum absolute atomic E-state index is 14.5. The predicted octanol–water partition coefficient (Wildman–Crippen LogP) is 4.97. The van der Waals surface area contributed by atoms with E-state index < -0.39 is 23.1 Å². The first-order chi connectivity index (χ1) is 20.5. The summed E-state index contributed by atoms with van der Waals surface area (Å²) < 4.78 is 47.6. The number of rotatable bonds is 7. The molecule has 2 amide bonds. The normalized spacial score (nSPS) is 16.2. The predicted molar refractivity (Wildman–Crippen MR) is 157 cm³/mol. The molecule has 3 aromatic rings. The molecular weight excluding hydrogens is 558 g/mol. The number of benzene rings is 2. The van der Waals surface area contributed by atoms with Gasteiger partial charge >= 0.3 is 0 Å². The molecule has 0 bridgehead atoms. The summed E-state index contributed by atoms with van der Waals surface area (Å²) in [5.74, 6) is -1.75. The van der Waals surface area contributed by atoms with Gasteiger partial charge in [0.05, 0.1) is 37.2 Å². The minimum Gasteiger partial charge on any atom is -0.496 e. The van der Waals surface area contributed by atoms with E-state index in [4.69, 9.17) is 19.9 Å². The number of carbonyl (C=O) groups excluding carboxylic acids is 2. The van der Waals surface area contributed by atoms with Crippen LogP contribution < -0.4 is 15.2 Å². The summed E-state index contributed by atoms with van der Waals surface area (Å²) in [6.45, 7) is 10.4. The molecule has 5 rings (SSSR count). The average molecular weight is 591 g/mol. The van der Waals surface area contributed by atoms with Crippen LogP contribution in [0.3, 0.4) is 0 Å². The molecule has 1 saturated heterocycles. The zero-order valence-electron chi connectivity index (χ0n) is 24.4. The second kappa shape index (κ2) is 11.5. The number of ether oxygens (including phenoxy) is 3. The third-order valence-electron chi connectivity index (χ3n) is 7.53. The number of hydrogen-bond acceptors (Lipinski definition) is 6. The fourth-order valence-electron chi connectivity index (χ4n) is 5.37. The minimum absolute atomic E-state index is 0.0248. The number of carbonyl (C=O) groups is 2. The lowest BCUT2D eigenvalue weighted by Crippen LogP contribution is -2.55.